The Bertz CT molecular complexity index is 325. The monoisotopic (exact) mass is 695 g/mol. The Balaban J connectivity index is -0.000000373. The molecule has 0 saturated carbocycles. The molecule has 0 bridgehead atoms. The second-order valence-electron chi connectivity index (χ2n) is 2.49. The molecule has 1 aromatic carbocycles. The molecule has 0 amide bonds. The maximum atomic E-state index is 4.22. The third-order valence-corrected chi connectivity index (χ3v) is 1.65. The van der Waals surface area contributed by atoms with Gasteiger partial charge in [0.15, 0.2) is 0 Å². The number of aromatic nitrogens is 1. The summed E-state index contributed by atoms with van der Waals surface area (Å²) in [6.07, 6.45) is 1.79. The van der Waals surface area contributed by atoms with Crippen LogP contribution in [0.1, 0.15) is 0 Å². The third-order valence-electron chi connectivity index (χ3n) is 1.65. The van der Waals surface area contributed by atoms with Crippen molar-refractivity contribution >= 4 is 17.9 Å². The van der Waals surface area contributed by atoms with Crippen molar-refractivity contribution in [3.63, 3.8) is 0 Å². The predicted molar refractivity (Wildman–Crippen MR) is 67.9 cm³/mol. The predicted octanol–water partition coefficient (Wildman–Crippen LogP) is 3.19. The van der Waals surface area contributed by atoms with E-state index >= 15 is 0 Å². The van der Waals surface area contributed by atoms with Crippen molar-refractivity contribution in [2.24, 2.45) is 0 Å². The molecule has 2 rings (SSSR count). The molecule has 2 atom stereocenters. The first-order valence-corrected chi connectivity index (χ1v) is 6.85. The van der Waals surface area contributed by atoms with Crippen LogP contribution in [-0.2, 0) is 72.9 Å². The normalized spacial score (nSPS) is 7.18. The summed E-state index contributed by atoms with van der Waals surface area (Å²) in [7, 11) is 4.67. The minimum Gasteiger partial charge on any atom is -0.305 e. The average molecular weight is 694 g/mol. The van der Waals surface area contributed by atoms with Gasteiger partial charge in [-0.1, -0.05) is 12.1 Å². The molecular formula is C11H12Ir2NP2Y-. The van der Waals surface area contributed by atoms with Crippen LogP contribution < -0.4 is 0 Å². The summed E-state index contributed by atoms with van der Waals surface area (Å²) in [5, 5.41) is 0. The maximum absolute atomic E-state index is 4.22. The molecule has 0 aliphatic heterocycles. The van der Waals surface area contributed by atoms with E-state index in [1.165, 1.54) is 0 Å². The van der Waals surface area contributed by atoms with Gasteiger partial charge in [-0.2, -0.15) is 0 Å². The van der Waals surface area contributed by atoms with E-state index in [1.807, 2.05) is 42.5 Å². The molecule has 1 heterocycles. The van der Waals surface area contributed by atoms with Crippen molar-refractivity contribution < 1.29 is 72.9 Å². The Hall–Kier alpha value is 1.63. The van der Waals surface area contributed by atoms with E-state index in [1.54, 1.807) is 6.20 Å². The van der Waals surface area contributed by atoms with Crippen molar-refractivity contribution in [1.82, 2.24) is 4.98 Å². The number of rotatable bonds is 1. The van der Waals surface area contributed by atoms with E-state index in [2.05, 4.69) is 28.9 Å². The zero-order valence-corrected chi connectivity index (χ0v) is 18.9. The zero-order chi connectivity index (χ0) is 10.2. The molecule has 0 saturated heterocycles. The van der Waals surface area contributed by atoms with Crippen molar-refractivity contribution in [3.05, 3.63) is 54.7 Å². The summed E-state index contributed by atoms with van der Waals surface area (Å²) in [6.45, 7) is 0. The number of hydrogen-bond acceptors (Lipinski definition) is 1. The van der Waals surface area contributed by atoms with Crippen molar-refractivity contribution in [3.8, 4) is 11.3 Å². The van der Waals surface area contributed by atoms with Gasteiger partial charge in [0.2, 0.25) is 0 Å². The Kier molecular flexibility index (Phi) is 21.9. The molecule has 0 spiro atoms. The van der Waals surface area contributed by atoms with E-state index in [0.29, 0.717) is 0 Å². The van der Waals surface area contributed by atoms with E-state index in [4.69, 9.17) is 0 Å². The fourth-order valence-corrected chi connectivity index (χ4v) is 1.07. The van der Waals surface area contributed by atoms with Gasteiger partial charge in [0, 0.05) is 79.1 Å². The molecule has 1 aromatic heterocycles. The van der Waals surface area contributed by atoms with Crippen molar-refractivity contribution in [1.29, 1.82) is 0 Å². The summed E-state index contributed by atoms with van der Waals surface area (Å²) in [5.74, 6) is 0. The van der Waals surface area contributed by atoms with Gasteiger partial charge >= 0.3 is 0 Å². The van der Waals surface area contributed by atoms with Gasteiger partial charge in [-0.3, -0.25) is 0 Å². The minimum atomic E-state index is 0. The van der Waals surface area contributed by atoms with E-state index in [0.717, 1.165) is 11.3 Å². The molecule has 0 aliphatic carbocycles. The fourth-order valence-electron chi connectivity index (χ4n) is 1.07. The Morgan fingerprint density at radius 1 is 0.941 bits per heavy atom. The Morgan fingerprint density at radius 2 is 1.59 bits per heavy atom. The van der Waals surface area contributed by atoms with Crippen molar-refractivity contribution in [2.75, 3.05) is 0 Å². The van der Waals surface area contributed by atoms with Crippen LogP contribution in [0.25, 0.3) is 11.3 Å². The standard InChI is InChI=1S/C11H8N.2Ir.H4P2.Y/c1-2-6-10(7-3-1)11-8-4-5-9-12-11;;;1-2;/h1-6,8-9H;;;1-2H2;/q-1;;;;. The van der Waals surface area contributed by atoms with Crippen LogP contribution in [0.4, 0.5) is 0 Å². The molecule has 0 N–H and O–H groups in total. The maximum Gasteiger partial charge on any atom is 0.0160 e. The molecule has 6 heteroatoms. The summed E-state index contributed by atoms with van der Waals surface area (Å²) < 4.78 is 0. The third kappa shape index (κ3) is 9.21. The first kappa shape index (κ1) is 23.7. The van der Waals surface area contributed by atoms with Crippen LogP contribution in [0.15, 0.2) is 48.7 Å². The van der Waals surface area contributed by atoms with Crippen LogP contribution in [0.5, 0.6) is 0 Å². The number of benzene rings is 1. The van der Waals surface area contributed by atoms with Crippen LogP contribution >= 0.6 is 17.9 Å². The van der Waals surface area contributed by atoms with Gasteiger partial charge in [-0.25, -0.2) is 0 Å². The second-order valence-corrected chi connectivity index (χ2v) is 2.49. The molecule has 1 nitrogen and oxygen atoms in total. The largest absolute Gasteiger partial charge is 0.305 e. The number of hydrogen-bond donors (Lipinski definition) is 0. The molecule has 93 valence electrons. The SMILES string of the molecule is PP.[Ir].[Ir].[Y].[c-]1ccccc1-c1ccccn1. The minimum absolute atomic E-state index is 0. The second kappa shape index (κ2) is 15.7. The molecule has 0 aliphatic rings. The van der Waals surface area contributed by atoms with Crippen LogP contribution in [0, 0.1) is 6.07 Å². The fraction of sp³-hybridized carbons (Fsp3) is 0. The van der Waals surface area contributed by atoms with Crippen molar-refractivity contribution in [2.45, 2.75) is 0 Å². The smallest absolute Gasteiger partial charge is 0.0160 e. The molecule has 2 unspecified atom stereocenters. The van der Waals surface area contributed by atoms with E-state index in [9.17, 15) is 0 Å². The van der Waals surface area contributed by atoms with Gasteiger partial charge in [0.05, 0.1) is 0 Å². The topological polar surface area (TPSA) is 12.9 Å². The molecular weight excluding hydrogens is 681 g/mol. The van der Waals surface area contributed by atoms with Gasteiger partial charge in [-0.15, -0.1) is 53.8 Å². The molecule has 2 aromatic rings. The van der Waals surface area contributed by atoms with Gasteiger partial charge in [-0.05, 0) is 11.8 Å². The Morgan fingerprint density at radius 3 is 2.06 bits per heavy atom. The van der Waals surface area contributed by atoms with Gasteiger partial charge in [0.25, 0.3) is 0 Å². The number of nitrogens with zero attached hydrogens (tertiary/aromatic N) is 1. The van der Waals surface area contributed by atoms with Gasteiger partial charge < -0.3 is 4.98 Å². The first-order valence-electron chi connectivity index (χ1n) is 4.18. The van der Waals surface area contributed by atoms with E-state index in [-0.39, 0.29) is 72.9 Å². The summed E-state index contributed by atoms with van der Waals surface area (Å²) >= 11 is 0. The van der Waals surface area contributed by atoms with Crippen LogP contribution in [0.2, 0.25) is 0 Å². The van der Waals surface area contributed by atoms with Gasteiger partial charge in [0.1, 0.15) is 0 Å². The first-order chi connectivity index (χ1) is 6.97. The zero-order valence-electron chi connectivity index (χ0n) is 8.96. The van der Waals surface area contributed by atoms with E-state index < -0.39 is 0 Å². The quantitative estimate of drug-likeness (QED) is 0.331. The summed E-state index contributed by atoms with van der Waals surface area (Å²) in [5.41, 5.74) is 2.01. The average Bonchev–Trinajstić information content (AvgIpc) is 2.34. The van der Waals surface area contributed by atoms with Crippen LogP contribution in [-0.4, -0.2) is 4.98 Å². The number of pyridine rings is 1. The molecule has 3 radical (unpaired) electrons. The molecule has 17 heavy (non-hydrogen) atoms. The van der Waals surface area contributed by atoms with Crippen LogP contribution in [0.3, 0.4) is 0 Å². The summed E-state index contributed by atoms with van der Waals surface area (Å²) in [6, 6.07) is 16.8. The Labute approximate surface area is 160 Å². The molecule has 0 fully saturated rings. The summed E-state index contributed by atoms with van der Waals surface area (Å²) in [4.78, 5) is 4.22.